The Labute approximate surface area is 216 Å². The molecule has 1 amide bonds. The third-order valence-corrected chi connectivity index (χ3v) is 7.89. The summed E-state index contributed by atoms with van der Waals surface area (Å²) in [4.78, 5) is 32.8. The quantitative estimate of drug-likeness (QED) is 0.358. The van der Waals surface area contributed by atoms with Crippen LogP contribution in [0.15, 0.2) is 35.7 Å². The molecule has 3 aromatic rings. The van der Waals surface area contributed by atoms with Crippen molar-refractivity contribution in [3.63, 3.8) is 0 Å². The van der Waals surface area contributed by atoms with E-state index >= 15 is 0 Å². The summed E-state index contributed by atoms with van der Waals surface area (Å²) >= 11 is 3.32. The highest BCUT2D eigenvalue weighted by Crippen LogP contribution is 2.35. The third kappa shape index (κ3) is 7.36. The number of aldehydes is 1. The van der Waals surface area contributed by atoms with Crippen LogP contribution in [0.3, 0.4) is 0 Å². The highest BCUT2D eigenvalue weighted by atomic mass is 32.1. The molecule has 0 spiro atoms. The van der Waals surface area contributed by atoms with E-state index in [-0.39, 0.29) is 11.5 Å². The summed E-state index contributed by atoms with van der Waals surface area (Å²) in [5.74, 6) is -1.11. The molecular weight excluding hydrogens is 509 g/mol. The Hall–Kier alpha value is -2.79. The lowest BCUT2D eigenvalue weighted by Gasteiger charge is -2.28. The van der Waals surface area contributed by atoms with E-state index in [1.165, 1.54) is 29.1 Å². The van der Waals surface area contributed by atoms with Crippen LogP contribution >= 0.6 is 22.7 Å². The van der Waals surface area contributed by atoms with Crippen molar-refractivity contribution in [1.82, 2.24) is 15.3 Å². The van der Waals surface area contributed by atoms with Crippen LogP contribution in [-0.4, -0.2) is 35.4 Å². The van der Waals surface area contributed by atoms with Gasteiger partial charge in [-0.25, -0.2) is 9.97 Å². The molecule has 194 valence electrons. The molecule has 1 saturated carbocycles. The van der Waals surface area contributed by atoms with Crippen LogP contribution in [0.5, 0.6) is 0 Å². The summed E-state index contributed by atoms with van der Waals surface area (Å²) in [6.45, 7) is 4.05. The van der Waals surface area contributed by atoms with E-state index in [1.807, 2.05) is 20.9 Å². The fraction of sp³-hybridized carbons (Fsp3) is 0.440. The zero-order valence-corrected chi connectivity index (χ0v) is 21.9. The first-order chi connectivity index (χ1) is 17.1. The Kier molecular flexibility index (Phi) is 9.61. The second kappa shape index (κ2) is 12.4. The Bertz CT molecular complexity index is 1140. The van der Waals surface area contributed by atoms with Crippen LogP contribution in [0.1, 0.15) is 48.0 Å². The molecule has 1 aromatic carbocycles. The number of thiazole rings is 2. The second-order valence-corrected chi connectivity index (χ2v) is 10.6. The molecule has 1 aliphatic rings. The molecule has 0 aliphatic heterocycles. The van der Waals surface area contributed by atoms with Crippen molar-refractivity contribution in [3.05, 3.63) is 52.0 Å². The topological polar surface area (TPSA) is 84.0 Å². The first kappa shape index (κ1) is 27.8. The Balaban J connectivity index is 0.000000221. The third-order valence-electron chi connectivity index (χ3n) is 5.94. The second-order valence-electron chi connectivity index (χ2n) is 8.58. The molecule has 2 heterocycles. The van der Waals surface area contributed by atoms with Gasteiger partial charge in [-0.3, -0.25) is 4.79 Å². The van der Waals surface area contributed by atoms with Gasteiger partial charge < -0.3 is 15.4 Å². The van der Waals surface area contributed by atoms with Crippen molar-refractivity contribution in [1.29, 1.82) is 0 Å². The predicted octanol–water partition coefficient (Wildman–Crippen LogP) is 6.34. The summed E-state index contributed by atoms with van der Waals surface area (Å²) < 4.78 is 39.6. The molecule has 0 radical (unpaired) electrons. The summed E-state index contributed by atoms with van der Waals surface area (Å²) in [5, 5.41) is 9.26. The van der Waals surface area contributed by atoms with E-state index in [9.17, 15) is 22.8 Å². The number of rotatable bonds is 6. The van der Waals surface area contributed by atoms with Gasteiger partial charge in [-0.2, -0.15) is 13.2 Å². The fourth-order valence-corrected chi connectivity index (χ4v) is 5.66. The normalized spacial score (nSPS) is 18.5. The van der Waals surface area contributed by atoms with Gasteiger partial charge in [-0.15, -0.1) is 22.7 Å². The van der Waals surface area contributed by atoms with Crippen molar-refractivity contribution >= 4 is 40.0 Å². The maximum Gasteiger partial charge on any atom is 0.412 e. The van der Waals surface area contributed by atoms with Crippen LogP contribution < -0.4 is 10.6 Å². The molecule has 2 aromatic heterocycles. The summed E-state index contributed by atoms with van der Waals surface area (Å²) in [6.07, 6.45) is -1.66. The Morgan fingerprint density at radius 1 is 1.11 bits per heavy atom. The molecular formula is C25H29F3N4O2S2. The minimum Gasteiger partial charge on any atom is -0.365 e. The number of carbonyl (C=O) groups is 2. The van der Waals surface area contributed by atoms with Crippen molar-refractivity contribution < 1.29 is 22.8 Å². The van der Waals surface area contributed by atoms with Gasteiger partial charge in [0.05, 0.1) is 21.3 Å². The number of nitrogens with zero attached hydrogens (tertiary/aromatic N) is 2. The van der Waals surface area contributed by atoms with Gasteiger partial charge in [0, 0.05) is 24.3 Å². The number of halogens is 3. The van der Waals surface area contributed by atoms with Gasteiger partial charge in [-0.05, 0) is 45.1 Å². The summed E-state index contributed by atoms with van der Waals surface area (Å²) in [7, 11) is 1.88. The van der Waals surface area contributed by atoms with Crippen molar-refractivity contribution in [3.8, 4) is 10.6 Å². The maximum atomic E-state index is 13.2. The van der Waals surface area contributed by atoms with Crippen molar-refractivity contribution in [2.45, 2.75) is 51.7 Å². The van der Waals surface area contributed by atoms with E-state index in [0.717, 1.165) is 27.8 Å². The average molecular weight is 539 g/mol. The lowest BCUT2D eigenvalue weighted by molar-refractivity contribution is -0.165. The molecule has 4 rings (SSSR count). The van der Waals surface area contributed by atoms with Gasteiger partial charge in [0.15, 0.2) is 11.2 Å². The SMILES string of the molecule is CNc1nc(-c2sc(C)nc2C)cs1.O=CC1CCC(C(=O)N[C@H](c2ccccc2)C(F)(F)F)CC1. The van der Waals surface area contributed by atoms with Crippen LogP contribution in [0.25, 0.3) is 10.6 Å². The lowest BCUT2D eigenvalue weighted by Crippen LogP contribution is -2.42. The number of aryl methyl sites for hydroxylation is 2. The summed E-state index contributed by atoms with van der Waals surface area (Å²) in [5.41, 5.74) is 2.12. The Morgan fingerprint density at radius 3 is 2.28 bits per heavy atom. The highest BCUT2D eigenvalue weighted by Gasteiger charge is 2.42. The molecule has 36 heavy (non-hydrogen) atoms. The number of carbonyl (C=O) groups excluding carboxylic acids is 2. The van der Waals surface area contributed by atoms with E-state index < -0.39 is 24.0 Å². The number of amides is 1. The van der Waals surface area contributed by atoms with Crippen LogP contribution in [-0.2, 0) is 9.59 Å². The average Bonchev–Trinajstić information content (AvgIpc) is 3.48. The van der Waals surface area contributed by atoms with Crippen molar-refractivity contribution in [2.75, 3.05) is 12.4 Å². The van der Waals surface area contributed by atoms with Gasteiger partial charge in [0.1, 0.15) is 6.29 Å². The molecule has 1 atom stereocenters. The first-order valence-electron chi connectivity index (χ1n) is 11.6. The number of hydrogen-bond donors (Lipinski definition) is 2. The number of nitrogens with one attached hydrogen (secondary N) is 2. The zero-order valence-electron chi connectivity index (χ0n) is 20.3. The lowest BCUT2D eigenvalue weighted by atomic mass is 9.82. The smallest absolute Gasteiger partial charge is 0.365 e. The number of benzene rings is 1. The first-order valence-corrected chi connectivity index (χ1v) is 13.3. The molecule has 2 N–H and O–H groups in total. The van der Waals surface area contributed by atoms with Crippen molar-refractivity contribution in [2.24, 2.45) is 11.8 Å². The number of aromatic nitrogens is 2. The maximum absolute atomic E-state index is 13.2. The number of hydrogen-bond acceptors (Lipinski definition) is 7. The molecule has 1 fully saturated rings. The van der Waals surface area contributed by atoms with Gasteiger partial charge >= 0.3 is 6.18 Å². The minimum absolute atomic E-state index is 0.0185. The fourth-order valence-electron chi connectivity index (χ4n) is 4.04. The van der Waals surface area contributed by atoms with Gasteiger partial charge in [0.2, 0.25) is 5.91 Å². The summed E-state index contributed by atoms with van der Waals surface area (Å²) in [6, 6.07) is 5.35. The number of alkyl halides is 3. The molecule has 0 bridgehead atoms. The molecule has 11 heteroatoms. The zero-order chi connectivity index (χ0) is 26.3. The van der Waals surface area contributed by atoms with E-state index in [4.69, 9.17) is 0 Å². The van der Waals surface area contributed by atoms with Gasteiger partial charge in [0.25, 0.3) is 0 Å². The minimum atomic E-state index is -4.54. The molecule has 6 nitrogen and oxygen atoms in total. The molecule has 0 unspecified atom stereocenters. The Morgan fingerprint density at radius 2 is 1.78 bits per heavy atom. The molecule has 1 aliphatic carbocycles. The van der Waals surface area contributed by atoms with E-state index in [1.54, 1.807) is 28.7 Å². The standard InChI is InChI=1S/C16H18F3NO2.C9H11N3S2/c17-16(18,19)14(12-4-2-1-3-5-12)20-15(22)13-8-6-11(10-21)7-9-13;1-5-8(14-6(2)11-5)7-4-13-9(10-3)12-7/h1-5,10-11,13-14H,6-9H2,(H,20,22);4H,1-3H3,(H,10,12)/t11?,13?,14-;/m1./s1. The monoisotopic (exact) mass is 538 g/mol. The predicted molar refractivity (Wildman–Crippen MR) is 137 cm³/mol. The van der Waals surface area contributed by atoms with Crippen LogP contribution in [0.2, 0.25) is 0 Å². The van der Waals surface area contributed by atoms with E-state index in [0.29, 0.717) is 25.7 Å². The van der Waals surface area contributed by atoms with Crippen LogP contribution in [0, 0.1) is 25.7 Å². The highest BCUT2D eigenvalue weighted by molar-refractivity contribution is 7.16. The number of anilines is 1. The largest absolute Gasteiger partial charge is 0.412 e. The van der Waals surface area contributed by atoms with Crippen LogP contribution in [0.4, 0.5) is 18.3 Å². The van der Waals surface area contributed by atoms with E-state index in [2.05, 4.69) is 26.0 Å². The van der Waals surface area contributed by atoms with Gasteiger partial charge in [-0.1, -0.05) is 30.3 Å². The molecule has 0 saturated heterocycles.